The number of hydrogen-bond acceptors (Lipinski definition) is 5. The van der Waals surface area contributed by atoms with Crippen LogP contribution >= 0.6 is 0 Å². The number of nitrogens with zero attached hydrogens (tertiary/aromatic N) is 3. The maximum atomic E-state index is 14.1. The van der Waals surface area contributed by atoms with Gasteiger partial charge >= 0.3 is 0 Å². The molecule has 0 spiro atoms. The molecule has 1 atom stereocenters. The van der Waals surface area contributed by atoms with Crippen molar-refractivity contribution in [3.05, 3.63) is 59.2 Å². The van der Waals surface area contributed by atoms with Crippen LogP contribution in [0.15, 0.2) is 42.5 Å². The Morgan fingerprint density at radius 2 is 1.78 bits per heavy atom. The van der Waals surface area contributed by atoms with Crippen molar-refractivity contribution in [2.45, 2.75) is 25.3 Å². The number of ether oxygens (including phenoxy) is 2. The lowest BCUT2D eigenvalue weighted by molar-refractivity contribution is -0.0238. The summed E-state index contributed by atoms with van der Waals surface area (Å²) in [6.07, 6.45) is 0.751. The van der Waals surface area contributed by atoms with E-state index in [2.05, 4.69) is 28.0 Å². The van der Waals surface area contributed by atoms with E-state index >= 15 is 0 Å². The Bertz CT molecular complexity index is 1000. The van der Waals surface area contributed by atoms with Gasteiger partial charge in [-0.1, -0.05) is 18.2 Å². The Balaban J connectivity index is 1.31. The van der Waals surface area contributed by atoms with Gasteiger partial charge in [-0.2, -0.15) is 0 Å². The van der Waals surface area contributed by atoms with Crippen molar-refractivity contribution < 1.29 is 22.6 Å². The predicted octanol–water partition coefficient (Wildman–Crippen LogP) is 4.41. The van der Waals surface area contributed by atoms with Crippen LogP contribution in [0, 0.1) is 5.92 Å². The molecular formula is C28H36F3N3O2. The van der Waals surface area contributed by atoms with Crippen LogP contribution in [0.5, 0.6) is 5.75 Å². The van der Waals surface area contributed by atoms with Crippen molar-refractivity contribution in [1.29, 1.82) is 0 Å². The van der Waals surface area contributed by atoms with Crippen LogP contribution in [0.4, 0.5) is 18.9 Å². The number of halogens is 3. The summed E-state index contributed by atoms with van der Waals surface area (Å²) < 4.78 is 52.2. The molecule has 0 aliphatic carbocycles. The molecule has 2 aromatic rings. The van der Waals surface area contributed by atoms with Gasteiger partial charge in [0.2, 0.25) is 0 Å². The van der Waals surface area contributed by atoms with Gasteiger partial charge in [-0.25, -0.2) is 8.78 Å². The summed E-state index contributed by atoms with van der Waals surface area (Å²) >= 11 is 0. The first-order valence-corrected chi connectivity index (χ1v) is 13.0. The molecule has 0 amide bonds. The van der Waals surface area contributed by atoms with E-state index in [0.717, 1.165) is 76.2 Å². The SMILES string of the molecule is CC(F)(F)CN1CCc2cc(N3CCOCC3)ccc2[C@@H]1c1ccc(OCCN2CC(CF)C2)cc1. The lowest BCUT2D eigenvalue weighted by Gasteiger charge is -2.39. The quantitative estimate of drug-likeness (QED) is 0.506. The summed E-state index contributed by atoms with van der Waals surface area (Å²) in [6, 6.07) is 14.1. The van der Waals surface area contributed by atoms with Gasteiger partial charge in [-0.15, -0.1) is 0 Å². The lowest BCUT2D eigenvalue weighted by atomic mass is 9.87. The highest BCUT2D eigenvalue weighted by Gasteiger charge is 2.35. The first kappa shape index (κ1) is 25.4. The van der Waals surface area contributed by atoms with Crippen LogP contribution < -0.4 is 9.64 Å². The highest BCUT2D eigenvalue weighted by atomic mass is 19.3. The van der Waals surface area contributed by atoms with Crippen molar-refractivity contribution in [3.63, 3.8) is 0 Å². The molecule has 3 aliphatic rings. The number of likely N-dealkylation sites (tertiary alicyclic amines) is 1. The Kier molecular flexibility index (Phi) is 7.74. The molecular weight excluding hydrogens is 467 g/mol. The molecule has 2 aromatic carbocycles. The van der Waals surface area contributed by atoms with Gasteiger partial charge in [0.25, 0.3) is 5.92 Å². The van der Waals surface area contributed by atoms with Crippen LogP contribution in [0.25, 0.3) is 0 Å². The molecule has 0 radical (unpaired) electrons. The molecule has 5 nitrogen and oxygen atoms in total. The normalized spacial score (nSPS) is 21.8. The van der Waals surface area contributed by atoms with E-state index in [9.17, 15) is 13.2 Å². The van der Waals surface area contributed by atoms with Crippen LogP contribution in [0.3, 0.4) is 0 Å². The average molecular weight is 504 g/mol. The summed E-state index contributed by atoms with van der Waals surface area (Å²) in [7, 11) is 0. The van der Waals surface area contributed by atoms with Gasteiger partial charge in [-0.05, 0) is 47.4 Å². The van der Waals surface area contributed by atoms with Gasteiger partial charge < -0.3 is 14.4 Å². The van der Waals surface area contributed by atoms with Crippen LogP contribution in [0.2, 0.25) is 0 Å². The molecule has 0 saturated carbocycles. The van der Waals surface area contributed by atoms with Gasteiger partial charge in [-0.3, -0.25) is 14.2 Å². The minimum Gasteiger partial charge on any atom is -0.492 e. The number of morpholine rings is 1. The van der Waals surface area contributed by atoms with Gasteiger partial charge in [0, 0.05) is 57.8 Å². The minimum absolute atomic E-state index is 0.172. The summed E-state index contributed by atoms with van der Waals surface area (Å²) in [4.78, 5) is 6.42. The van der Waals surface area contributed by atoms with Gasteiger partial charge in [0.15, 0.2) is 0 Å². The minimum atomic E-state index is -2.77. The van der Waals surface area contributed by atoms with Gasteiger partial charge in [0.05, 0.1) is 32.5 Å². The van der Waals surface area contributed by atoms with Crippen LogP contribution in [0.1, 0.15) is 29.7 Å². The van der Waals surface area contributed by atoms with E-state index in [1.54, 1.807) is 0 Å². The molecule has 3 aliphatic heterocycles. The van der Waals surface area contributed by atoms with E-state index in [-0.39, 0.29) is 25.2 Å². The Morgan fingerprint density at radius 1 is 1.03 bits per heavy atom. The lowest BCUT2D eigenvalue weighted by Crippen LogP contribution is -2.49. The molecule has 8 heteroatoms. The maximum absolute atomic E-state index is 14.1. The molecule has 0 N–H and O–H groups in total. The third-order valence-corrected chi connectivity index (χ3v) is 7.43. The molecule has 0 aromatic heterocycles. The summed E-state index contributed by atoms with van der Waals surface area (Å²) in [6.45, 7) is 7.15. The number of anilines is 1. The van der Waals surface area contributed by atoms with Crippen molar-refractivity contribution in [2.24, 2.45) is 5.92 Å². The predicted molar refractivity (Wildman–Crippen MR) is 135 cm³/mol. The molecule has 3 heterocycles. The fourth-order valence-corrected chi connectivity index (χ4v) is 5.60. The van der Waals surface area contributed by atoms with E-state index in [1.807, 2.05) is 29.2 Å². The Labute approximate surface area is 211 Å². The number of fused-ring (bicyclic) bond motifs is 1. The van der Waals surface area contributed by atoms with Crippen molar-refractivity contribution >= 4 is 5.69 Å². The zero-order valence-electron chi connectivity index (χ0n) is 21.0. The topological polar surface area (TPSA) is 28.2 Å². The fourth-order valence-electron chi connectivity index (χ4n) is 5.60. The van der Waals surface area contributed by atoms with E-state index in [0.29, 0.717) is 13.2 Å². The third kappa shape index (κ3) is 5.98. The Hall–Kier alpha value is -2.29. The molecule has 196 valence electrons. The van der Waals surface area contributed by atoms with Crippen molar-refractivity contribution in [3.8, 4) is 5.75 Å². The first-order valence-electron chi connectivity index (χ1n) is 13.0. The maximum Gasteiger partial charge on any atom is 0.257 e. The summed E-state index contributed by atoms with van der Waals surface area (Å²) in [5.41, 5.74) is 4.48. The van der Waals surface area contributed by atoms with Crippen LogP contribution in [-0.4, -0.2) is 88.0 Å². The average Bonchev–Trinajstić information content (AvgIpc) is 2.85. The summed E-state index contributed by atoms with van der Waals surface area (Å²) in [5, 5.41) is 0. The van der Waals surface area contributed by atoms with Gasteiger partial charge in [0.1, 0.15) is 12.4 Å². The second-order valence-corrected chi connectivity index (χ2v) is 10.4. The molecule has 0 bridgehead atoms. The largest absolute Gasteiger partial charge is 0.492 e. The molecule has 2 fully saturated rings. The molecule has 5 rings (SSSR count). The second kappa shape index (κ2) is 11.0. The summed E-state index contributed by atoms with van der Waals surface area (Å²) in [5.74, 6) is -1.84. The number of rotatable bonds is 9. The first-order chi connectivity index (χ1) is 17.4. The zero-order valence-corrected chi connectivity index (χ0v) is 21.0. The number of hydrogen-bond donors (Lipinski definition) is 0. The van der Waals surface area contributed by atoms with E-state index in [4.69, 9.17) is 9.47 Å². The third-order valence-electron chi connectivity index (χ3n) is 7.43. The van der Waals surface area contributed by atoms with Crippen LogP contribution in [-0.2, 0) is 11.2 Å². The standard InChI is InChI=1S/C28H36F3N3O2/c1-28(30,31)20-34-9-8-23-16-24(33-11-13-35-14-12-33)4-7-26(23)27(34)22-2-5-25(6-3-22)36-15-10-32-18-21(17-29)19-32/h2-7,16,21,27H,8-15,17-20H2,1H3/t27-/m0/s1. The Morgan fingerprint density at radius 3 is 2.47 bits per heavy atom. The van der Waals surface area contributed by atoms with Crippen molar-refractivity contribution in [1.82, 2.24) is 9.80 Å². The highest BCUT2D eigenvalue weighted by Crippen LogP contribution is 2.38. The van der Waals surface area contributed by atoms with Crippen molar-refractivity contribution in [2.75, 3.05) is 77.2 Å². The molecule has 0 unspecified atom stereocenters. The number of benzene rings is 2. The number of alkyl halides is 3. The monoisotopic (exact) mass is 503 g/mol. The van der Waals surface area contributed by atoms with E-state index in [1.165, 1.54) is 11.3 Å². The molecule has 2 saturated heterocycles. The smallest absolute Gasteiger partial charge is 0.257 e. The van der Waals surface area contributed by atoms with E-state index < -0.39 is 5.92 Å². The fraction of sp³-hybridized carbons (Fsp3) is 0.571. The highest BCUT2D eigenvalue weighted by molar-refractivity contribution is 5.54. The second-order valence-electron chi connectivity index (χ2n) is 10.4. The molecule has 36 heavy (non-hydrogen) atoms. The zero-order chi connectivity index (χ0) is 25.1.